The van der Waals surface area contributed by atoms with E-state index in [1.54, 1.807) is 0 Å². The summed E-state index contributed by atoms with van der Waals surface area (Å²) < 4.78 is 0. The van der Waals surface area contributed by atoms with Gasteiger partial charge in [-0.2, -0.15) is 0 Å². The van der Waals surface area contributed by atoms with Crippen LogP contribution in [-0.2, 0) is 0 Å². The SMILES string of the molecule is CCCNc1ccc(C(=O)NC(C)(C)C)cc1. The van der Waals surface area contributed by atoms with Gasteiger partial charge in [-0.15, -0.1) is 0 Å². The predicted octanol–water partition coefficient (Wildman–Crippen LogP) is 3.04. The van der Waals surface area contributed by atoms with Crippen molar-refractivity contribution in [3.05, 3.63) is 29.8 Å². The van der Waals surface area contributed by atoms with Crippen LogP contribution in [0.5, 0.6) is 0 Å². The molecule has 0 spiro atoms. The van der Waals surface area contributed by atoms with Gasteiger partial charge in [0.1, 0.15) is 0 Å². The third-order valence-electron chi connectivity index (χ3n) is 2.21. The summed E-state index contributed by atoms with van der Waals surface area (Å²) in [6, 6.07) is 7.57. The van der Waals surface area contributed by atoms with Gasteiger partial charge in [0.05, 0.1) is 0 Å². The van der Waals surface area contributed by atoms with Crippen molar-refractivity contribution in [2.24, 2.45) is 0 Å². The first-order chi connectivity index (χ1) is 7.92. The Bertz CT molecular complexity index is 363. The topological polar surface area (TPSA) is 41.1 Å². The Morgan fingerprint density at radius 2 is 1.76 bits per heavy atom. The molecule has 1 rings (SSSR count). The van der Waals surface area contributed by atoms with Crippen LogP contribution in [0.4, 0.5) is 5.69 Å². The molecule has 0 radical (unpaired) electrons. The van der Waals surface area contributed by atoms with E-state index in [4.69, 9.17) is 0 Å². The number of hydrogen-bond acceptors (Lipinski definition) is 2. The molecule has 3 heteroatoms. The highest BCUT2D eigenvalue weighted by molar-refractivity contribution is 5.94. The molecule has 0 fully saturated rings. The molecule has 0 atom stereocenters. The van der Waals surface area contributed by atoms with Gasteiger partial charge in [0.25, 0.3) is 5.91 Å². The number of rotatable bonds is 4. The van der Waals surface area contributed by atoms with Gasteiger partial charge in [-0.25, -0.2) is 0 Å². The molecule has 1 aromatic rings. The lowest BCUT2D eigenvalue weighted by atomic mass is 10.1. The first-order valence-corrected chi connectivity index (χ1v) is 6.09. The van der Waals surface area contributed by atoms with E-state index in [-0.39, 0.29) is 11.4 Å². The summed E-state index contributed by atoms with van der Waals surface area (Å²) in [5, 5.41) is 6.22. The molecule has 3 nitrogen and oxygen atoms in total. The van der Waals surface area contributed by atoms with E-state index >= 15 is 0 Å². The molecule has 0 unspecified atom stereocenters. The number of carbonyl (C=O) groups is 1. The van der Waals surface area contributed by atoms with Gasteiger partial charge < -0.3 is 10.6 Å². The second-order valence-corrected chi connectivity index (χ2v) is 5.21. The van der Waals surface area contributed by atoms with Crippen LogP contribution in [0.25, 0.3) is 0 Å². The maximum absolute atomic E-state index is 11.9. The molecule has 1 aromatic carbocycles. The Kier molecular flexibility index (Phi) is 4.55. The van der Waals surface area contributed by atoms with Crippen LogP contribution >= 0.6 is 0 Å². The lowest BCUT2D eigenvalue weighted by Gasteiger charge is -2.20. The van der Waals surface area contributed by atoms with Gasteiger partial charge in [0.15, 0.2) is 0 Å². The summed E-state index contributed by atoms with van der Waals surface area (Å²) >= 11 is 0. The van der Waals surface area contributed by atoms with Crippen molar-refractivity contribution in [3.63, 3.8) is 0 Å². The highest BCUT2D eigenvalue weighted by Gasteiger charge is 2.14. The number of benzene rings is 1. The Morgan fingerprint density at radius 3 is 2.24 bits per heavy atom. The normalized spacial score (nSPS) is 11.1. The maximum atomic E-state index is 11.9. The largest absolute Gasteiger partial charge is 0.385 e. The minimum absolute atomic E-state index is 0.0282. The Morgan fingerprint density at radius 1 is 1.18 bits per heavy atom. The first kappa shape index (κ1) is 13.6. The average Bonchev–Trinajstić information content (AvgIpc) is 2.24. The lowest BCUT2D eigenvalue weighted by Crippen LogP contribution is -2.40. The highest BCUT2D eigenvalue weighted by atomic mass is 16.1. The molecule has 1 amide bonds. The lowest BCUT2D eigenvalue weighted by molar-refractivity contribution is 0.0919. The Labute approximate surface area is 104 Å². The van der Waals surface area contributed by atoms with Crippen molar-refractivity contribution in [1.29, 1.82) is 0 Å². The van der Waals surface area contributed by atoms with E-state index in [0.29, 0.717) is 5.56 Å². The van der Waals surface area contributed by atoms with E-state index in [9.17, 15) is 4.79 Å². The van der Waals surface area contributed by atoms with Gasteiger partial charge in [0, 0.05) is 23.3 Å². The van der Waals surface area contributed by atoms with Crippen molar-refractivity contribution in [2.75, 3.05) is 11.9 Å². The molecule has 0 aliphatic heterocycles. The summed E-state index contributed by atoms with van der Waals surface area (Å²) in [6.45, 7) is 9.00. The molecule has 2 N–H and O–H groups in total. The summed E-state index contributed by atoms with van der Waals surface area (Å²) in [5.74, 6) is -0.0282. The molecule has 0 aliphatic rings. The van der Waals surface area contributed by atoms with Crippen LogP contribution in [-0.4, -0.2) is 18.0 Å². The molecule has 0 saturated carbocycles. The summed E-state index contributed by atoms with van der Waals surface area (Å²) in [7, 11) is 0. The Hall–Kier alpha value is -1.51. The third kappa shape index (κ3) is 4.89. The number of nitrogens with one attached hydrogen (secondary N) is 2. The highest BCUT2D eigenvalue weighted by Crippen LogP contribution is 2.10. The van der Waals surface area contributed by atoms with Crippen LogP contribution in [0, 0.1) is 0 Å². The quantitative estimate of drug-likeness (QED) is 0.840. The van der Waals surface area contributed by atoms with Crippen molar-refractivity contribution in [3.8, 4) is 0 Å². The van der Waals surface area contributed by atoms with Crippen LogP contribution in [0.15, 0.2) is 24.3 Å². The monoisotopic (exact) mass is 234 g/mol. The first-order valence-electron chi connectivity index (χ1n) is 6.09. The predicted molar refractivity (Wildman–Crippen MR) is 72.4 cm³/mol. The molecule has 0 saturated heterocycles. The van der Waals surface area contributed by atoms with E-state index in [1.807, 2.05) is 45.0 Å². The van der Waals surface area contributed by atoms with Crippen LogP contribution in [0.1, 0.15) is 44.5 Å². The zero-order chi connectivity index (χ0) is 12.9. The minimum atomic E-state index is -0.198. The number of carbonyl (C=O) groups excluding carboxylic acids is 1. The second kappa shape index (κ2) is 5.71. The Balaban J connectivity index is 2.64. The van der Waals surface area contributed by atoms with Crippen molar-refractivity contribution in [2.45, 2.75) is 39.7 Å². The average molecular weight is 234 g/mol. The number of hydrogen-bond donors (Lipinski definition) is 2. The van der Waals surface area contributed by atoms with Crippen LogP contribution < -0.4 is 10.6 Å². The second-order valence-electron chi connectivity index (χ2n) is 5.21. The molecular formula is C14H22N2O. The molecule has 0 heterocycles. The summed E-state index contributed by atoms with van der Waals surface area (Å²) in [6.07, 6.45) is 1.09. The van der Waals surface area contributed by atoms with Gasteiger partial charge >= 0.3 is 0 Å². The van der Waals surface area contributed by atoms with E-state index in [1.165, 1.54) is 0 Å². The van der Waals surface area contributed by atoms with Gasteiger partial charge in [-0.1, -0.05) is 6.92 Å². The summed E-state index contributed by atoms with van der Waals surface area (Å²) in [4.78, 5) is 11.9. The third-order valence-corrected chi connectivity index (χ3v) is 2.21. The van der Waals surface area contributed by atoms with E-state index < -0.39 is 0 Å². The zero-order valence-electron chi connectivity index (χ0n) is 11.1. The van der Waals surface area contributed by atoms with E-state index in [2.05, 4.69) is 17.6 Å². The van der Waals surface area contributed by atoms with E-state index in [0.717, 1.165) is 18.7 Å². The molecule has 94 valence electrons. The number of anilines is 1. The number of amides is 1. The zero-order valence-corrected chi connectivity index (χ0v) is 11.1. The van der Waals surface area contributed by atoms with Crippen molar-refractivity contribution >= 4 is 11.6 Å². The van der Waals surface area contributed by atoms with Gasteiger partial charge in [0.2, 0.25) is 0 Å². The molecule has 0 aliphatic carbocycles. The van der Waals surface area contributed by atoms with Crippen molar-refractivity contribution < 1.29 is 4.79 Å². The van der Waals surface area contributed by atoms with Crippen LogP contribution in [0.3, 0.4) is 0 Å². The minimum Gasteiger partial charge on any atom is -0.385 e. The molecule has 0 aromatic heterocycles. The molecule has 0 bridgehead atoms. The van der Waals surface area contributed by atoms with Gasteiger partial charge in [-0.05, 0) is 51.5 Å². The molecular weight excluding hydrogens is 212 g/mol. The molecule has 17 heavy (non-hydrogen) atoms. The fourth-order valence-corrected chi connectivity index (χ4v) is 1.42. The fourth-order valence-electron chi connectivity index (χ4n) is 1.42. The van der Waals surface area contributed by atoms with Crippen LogP contribution in [0.2, 0.25) is 0 Å². The summed E-state index contributed by atoms with van der Waals surface area (Å²) in [5.41, 5.74) is 1.55. The van der Waals surface area contributed by atoms with Crippen molar-refractivity contribution in [1.82, 2.24) is 5.32 Å². The maximum Gasteiger partial charge on any atom is 0.251 e. The fraction of sp³-hybridized carbons (Fsp3) is 0.500. The smallest absolute Gasteiger partial charge is 0.251 e. The van der Waals surface area contributed by atoms with Gasteiger partial charge in [-0.3, -0.25) is 4.79 Å². The standard InChI is InChI=1S/C14H22N2O/c1-5-10-15-12-8-6-11(7-9-12)13(17)16-14(2,3)4/h6-9,15H,5,10H2,1-4H3,(H,16,17).